The second-order valence-electron chi connectivity index (χ2n) is 5.85. The summed E-state index contributed by atoms with van der Waals surface area (Å²) in [4.78, 5) is 27.6. The Hall–Kier alpha value is -2.11. The zero-order valence-corrected chi connectivity index (χ0v) is 12.7. The molecule has 1 saturated heterocycles. The topological polar surface area (TPSA) is 65.1 Å². The number of hydrogen-bond donors (Lipinski definition) is 1. The number of likely N-dealkylation sites (N-methyl/N-ethyl adjacent to an activating group) is 1. The van der Waals surface area contributed by atoms with Gasteiger partial charge in [-0.15, -0.1) is 0 Å². The van der Waals surface area contributed by atoms with Crippen LogP contribution in [0.3, 0.4) is 0 Å². The van der Waals surface area contributed by atoms with Crippen LogP contribution in [0.5, 0.6) is 0 Å². The lowest BCUT2D eigenvalue weighted by Crippen LogP contribution is -2.52. The highest BCUT2D eigenvalue weighted by atomic mass is 16.2. The number of piperidine rings is 1. The van der Waals surface area contributed by atoms with Gasteiger partial charge >= 0.3 is 0 Å². The molecule has 112 valence electrons. The zero-order chi connectivity index (χ0) is 15.0. The molecule has 6 nitrogen and oxygen atoms in total. The minimum atomic E-state index is 0.148. The minimum Gasteiger partial charge on any atom is -0.354 e. The molecule has 1 N–H and O–H groups in total. The number of aromatic amines is 1. The number of H-pyrrole nitrogens is 1. The van der Waals surface area contributed by atoms with Crippen molar-refractivity contribution in [2.24, 2.45) is 5.92 Å². The summed E-state index contributed by atoms with van der Waals surface area (Å²) in [6, 6.07) is 2.27. The Morgan fingerprint density at radius 3 is 3.05 bits per heavy atom. The van der Waals surface area contributed by atoms with E-state index in [1.54, 1.807) is 13.3 Å². The van der Waals surface area contributed by atoms with E-state index in [1.165, 1.54) is 0 Å². The summed E-state index contributed by atoms with van der Waals surface area (Å²) in [6.45, 7) is 5.49. The van der Waals surface area contributed by atoms with Crippen LogP contribution in [-0.4, -0.2) is 51.9 Å². The van der Waals surface area contributed by atoms with E-state index in [-0.39, 0.29) is 11.9 Å². The molecule has 1 amide bonds. The van der Waals surface area contributed by atoms with Gasteiger partial charge in [-0.05, 0) is 18.4 Å². The van der Waals surface area contributed by atoms with E-state index in [0.29, 0.717) is 5.92 Å². The zero-order valence-electron chi connectivity index (χ0n) is 12.7. The number of likely N-dealkylation sites (tertiary alicyclic amines) is 1. The second-order valence-corrected chi connectivity index (χ2v) is 5.85. The van der Waals surface area contributed by atoms with Crippen molar-refractivity contribution in [1.82, 2.24) is 19.9 Å². The van der Waals surface area contributed by atoms with Crippen LogP contribution in [0.15, 0.2) is 18.6 Å². The Kier molecular flexibility index (Phi) is 3.53. The Balaban J connectivity index is 1.91. The first-order chi connectivity index (χ1) is 10.1. The first-order valence-corrected chi connectivity index (χ1v) is 7.34. The van der Waals surface area contributed by atoms with Crippen molar-refractivity contribution in [3.63, 3.8) is 0 Å². The SMILES string of the molecule is CC(=O)N1CCC(C)C(N(C)c2ncnc3[nH]ccc23)C1. The first kappa shape index (κ1) is 13.9. The molecular weight excluding hydrogens is 266 g/mol. The molecule has 3 heterocycles. The van der Waals surface area contributed by atoms with E-state index in [1.807, 2.05) is 17.2 Å². The molecule has 0 saturated carbocycles. The van der Waals surface area contributed by atoms with Crippen molar-refractivity contribution in [3.05, 3.63) is 18.6 Å². The normalized spacial score (nSPS) is 22.5. The van der Waals surface area contributed by atoms with Gasteiger partial charge in [0.15, 0.2) is 0 Å². The van der Waals surface area contributed by atoms with Crippen LogP contribution >= 0.6 is 0 Å². The van der Waals surface area contributed by atoms with Crippen LogP contribution in [0, 0.1) is 5.92 Å². The van der Waals surface area contributed by atoms with Crippen molar-refractivity contribution < 1.29 is 4.79 Å². The maximum Gasteiger partial charge on any atom is 0.219 e. The molecule has 2 atom stereocenters. The fourth-order valence-electron chi connectivity index (χ4n) is 3.14. The lowest BCUT2D eigenvalue weighted by molar-refractivity contribution is -0.130. The summed E-state index contributed by atoms with van der Waals surface area (Å²) in [5, 5.41) is 1.02. The molecule has 0 radical (unpaired) electrons. The summed E-state index contributed by atoms with van der Waals surface area (Å²) in [5.74, 6) is 1.59. The van der Waals surface area contributed by atoms with Crippen molar-refractivity contribution >= 4 is 22.8 Å². The van der Waals surface area contributed by atoms with Crippen molar-refractivity contribution in [1.29, 1.82) is 0 Å². The van der Waals surface area contributed by atoms with Gasteiger partial charge in [0.05, 0.1) is 11.4 Å². The van der Waals surface area contributed by atoms with Gasteiger partial charge in [-0.1, -0.05) is 6.92 Å². The van der Waals surface area contributed by atoms with Crippen LogP contribution < -0.4 is 4.90 Å². The van der Waals surface area contributed by atoms with Crippen LogP contribution in [0.25, 0.3) is 11.0 Å². The third-order valence-electron chi connectivity index (χ3n) is 4.53. The number of carbonyl (C=O) groups is 1. The smallest absolute Gasteiger partial charge is 0.219 e. The van der Waals surface area contributed by atoms with Crippen LogP contribution in [0.1, 0.15) is 20.3 Å². The van der Waals surface area contributed by atoms with Crippen LogP contribution in [-0.2, 0) is 4.79 Å². The third-order valence-corrected chi connectivity index (χ3v) is 4.53. The van der Waals surface area contributed by atoms with Gasteiger partial charge in [0.25, 0.3) is 0 Å². The minimum absolute atomic E-state index is 0.148. The molecule has 0 aliphatic carbocycles. The number of rotatable bonds is 2. The molecule has 1 aliphatic heterocycles. The van der Waals surface area contributed by atoms with Gasteiger partial charge in [0, 0.05) is 33.3 Å². The van der Waals surface area contributed by atoms with Crippen LogP contribution in [0.2, 0.25) is 0 Å². The molecule has 1 aliphatic rings. The highest BCUT2D eigenvalue weighted by Gasteiger charge is 2.31. The van der Waals surface area contributed by atoms with E-state index in [2.05, 4.69) is 33.8 Å². The highest BCUT2D eigenvalue weighted by Crippen LogP contribution is 2.28. The van der Waals surface area contributed by atoms with E-state index in [9.17, 15) is 4.79 Å². The maximum absolute atomic E-state index is 11.7. The third kappa shape index (κ3) is 2.46. The molecule has 6 heteroatoms. The largest absolute Gasteiger partial charge is 0.354 e. The number of carbonyl (C=O) groups excluding carboxylic acids is 1. The summed E-state index contributed by atoms with van der Waals surface area (Å²) >= 11 is 0. The molecule has 3 rings (SSSR count). The average molecular weight is 287 g/mol. The summed E-state index contributed by atoms with van der Waals surface area (Å²) in [5.41, 5.74) is 0.846. The standard InChI is InChI=1S/C15H21N5O/c1-10-5-7-20(11(2)21)8-13(10)19(3)15-12-4-6-16-14(12)17-9-18-15/h4,6,9-10,13H,5,7-8H2,1-3H3,(H,16,17,18). The lowest BCUT2D eigenvalue weighted by Gasteiger charge is -2.41. The summed E-state index contributed by atoms with van der Waals surface area (Å²) < 4.78 is 0. The first-order valence-electron chi connectivity index (χ1n) is 7.34. The van der Waals surface area contributed by atoms with E-state index < -0.39 is 0 Å². The maximum atomic E-state index is 11.7. The Bertz CT molecular complexity index is 652. The monoisotopic (exact) mass is 287 g/mol. The molecule has 21 heavy (non-hydrogen) atoms. The Morgan fingerprint density at radius 1 is 1.48 bits per heavy atom. The number of fused-ring (bicyclic) bond motifs is 1. The number of anilines is 1. The summed E-state index contributed by atoms with van der Waals surface area (Å²) in [6.07, 6.45) is 4.49. The molecule has 0 aromatic carbocycles. The number of nitrogens with zero attached hydrogens (tertiary/aromatic N) is 4. The van der Waals surface area contributed by atoms with Gasteiger partial charge in [0.2, 0.25) is 5.91 Å². The lowest BCUT2D eigenvalue weighted by atomic mass is 9.92. The van der Waals surface area contributed by atoms with Crippen molar-refractivity contribution in [3.8, 4) is 0 Å². The second kappa shape index (κ2) is 5.35. The molecule has 1 fully saturated rings. The fraction of sp³-hybridized carbons (Fsp3) is 0.533. The molecule has 0 bridgehead atoms. The molecule has 0 spiro atoms. The van der Waals surface area contributed by atoms with E-state index in [4.69, 9.17) is 0 Å². The average Bonchev–Trinajstić information content (AvgIpc) is 2.95. The summed E-state index contributed by atoms with van der Waals surface area (Å²) in [7, 11) is 2.06. The molecule has 2 aromatic heterocycles. The van der Waals surface area contributed by atoms with Gasteiger partial charge in [-0.3, -0.25) is 4.79 Å². The number of hydrogen-bond acceptors (Lipinski definition) is 4. The number of nitrogens with one attached hydrogen (secondary N) is 1. The van der Waals surface area contributed by atoms with Gasteiger partial charge in [-0.25, -0.2) is 9.97 Å². The van der Waals surface area contributed by atoms with Crippen molar-refractivity contribution in [2.45, 2.75) is 26.3 Å². The van der Waals surface area contributed by atoms with Crippen LogP contribution in [0.4, 0.5) is 5.82 Å². The number of aromatic nitrogens is 3. The molecular formula is C15H21N5O. The molecule has 2 unspecified atom stereocenters. The molecule has 2 aromatic rings. The van der Waals surface area contributed by atoms with Gasteiger partial charge in [-0.2, -0.15) is 0 Å². The predicted molar refractivity (Wildman–Crippen MR) is 82.1 cm³/mol. The Morgan fingerprint density at radius 2 is 2.29 bits per heavy atom. The van der Waals surface area contributed by atoms with Gasteiger partial charge < -0.3 is 14.8 Å². The predicted octanol–water partition coefficient (Wildman–Crippen LogP) is 1.65. The van der Waals surface area contributed by atoms with Crippen molar-refractivity contribution in [2.75, 3.05) is 25.0 Å². The number of amides is 1. The van der Waals surface area contributed by atoms with Gasteiger partial charge in [0.1, 0.15) is 17.8 Å². The Labute approximate surface area is 124 Å². The van der Waals surface area contributed by atoms with E-state index in [0.717, 1.165) is 36.4 Å². The highest BCUT2D eigenvalue weighted by molar-refractivity contribution is 5.87. The quantitative estimate of drug-likeness (QED) is 0.912. The fourth-order valence-corrected chi connectivity index (χ4v) is 3.14. The van der Waals surface area contributed by atoms with E-state index >= 15 is 0 Å².